The molecule has 0 aromatic carbocycles. The molecule has 6 heteroatoms. The maximum atomic E-state index is 12.9. The Labute approximate surface area is 470 Å². The van der Waals surface area contributed by atoms with Gasteiger partial charge in [0.25, 0.3) is 0 Å². The normalized spacial score (nSPS) is 12.8. The summed E-state index contributed by atoms with van der Waals surface area (Å²) < 4.78 is 16.9. The zero-order valence-electron chi connectivity index (χ0n) is 49.7. The highest BCUT2D eigenvalue weighted by atomic mass is 16.6. The average molecular weight is 1060 g/mol. The number of esters is 3. The quantitative estimate of drug-likeness (QED) is 0.0261. The predicted octanol–water partition coefficient (Wildman–Crippen LogP) is 21.8. The van der Waals surface area contributed by atoms with Crippen molar-refractivity contribution in [2.75, 3.05) is 13.2 Å². The summed E-state index contributed by atoms with van der Waals surface area (Å²) in [6, 6.07) is 0. The molecule has 0 heterocycles. The van der Waals surface area contributed by atoms with Crippen LogP contribution >= 0.6 is 0 Å². The van der Waals surface area contributed by atoms with Crippen molar-refractivity contribution >= 4 is 17.9 Å². The van der Waals surface area contributed by atoms with Gasteiger partial charge in [0.2, 0.25) is 0 Å². The lowest BCUT2D eigenvalue weighted by molar-refractivity contribution is -0.167. The molecule has 0 N–H and O–H groups in total. The molecule has 0 aromatic heterocycles. The Hall–Kier alpha value is -3.93. The fourth-order valence-corrected chi connectivity index (χ4v) is 8.76. The molecule has 434 valence electrons. The van der Waals surface area contributed by atoms with Crippen LogP contribution in [0.15, 0.2) is 109 Å². The highest BCUT2D eigenvalue weighted by molar-refractivity contribution is 5.71. The largest absolute Gasteiger partial charge is 0.462 e. The summed E-state index contributed by atoms with van der Waals surface area (Å²) in [6.07, 6.45) is 86.7. The molecule has 1 atom stereocenters. The van der Waals surface area contributed by atoms with Gasteiger partial charge < -0.3 is 14.2 Å². The predicted molar refractivity (Wildman–Crippen MR) is 330 cm³/mol. The third kappa shape index (κ3) is 60.9. The monoisotopic (exact) mass is 1050 g/mol. The van der Waals surface area contributed by atoms with Crippen molar-refractivity contribution in [3.05, 3.63) is 109 Å². The molecule has 0 fully saturated rings. The summed E-state index contributed by atoms with van der Waals surface area (Å²) in [5, 5.41) is 0. The Kier molecular flexibility index (Phi) is 60.3. The summed E-state index contributed by atoms with van der Waals surface area (Å²) >= 11 is 0. The number of carbonyl (C=O) groups excluding carboxylic acids is 3. The third-order valence-corrected chi connectivity index (χ3v) is 13.5. The third-order valence-electron chi connectivity index (χ3n) is 13.5. The SMILES string of the molecule is CC/C=C\C/C=C\C/C=C\C/C=C\C/C=C\C/C=C\C/C=C\CCCC(=O)OCC(COC(=O)CCCCCCC/C=C\C/C=C\CCCCC)OC(=O)CCCCCCCCCCCCCCCCCCCCCC. The van der Waals surface area contributed by atoms with Gasteiger partial charge in [-0.15, -0.1) is 0 Å². The molecule has 1 unspecified atom stereocenters. The molecule has 0 radical (unpaired) electrons. The molecule has 0 amide bonds. The van der Waals surface area contributed by atoms with Crippen LogP contribution in [0.4, 0.5) is 0 Å². The summed E-state index contributed by atoms with van der Waals surface area (Å²) in [5.74, 6) is -0.967. The van der Waals surface area contributed by atoms with Crippen LogP contribution in [0.3, 0.4) is 0 Å². The zero-order valence-corrected chi connectivity index (χ0v) is 49.7. The van der Waals surface area contributed by atoms with Gasteiger partial charge in [0, 0.05) is 19.3 Å². The van der Waals surface area contributed by atoms with Crippen molar-refractivity contribution in [1.82, 2.24) is 0 Å². The number of unbranched alkanes of at least 4 members (excludes halogenated alkanes) is 28. The van der Waals surface area contributed by atoms with Crippen molar-refractivity contribution in [3.8, 4) is 0 Å². The number of hydrogen-bond donors (Lipinski definition) is 0. The fraction of sp³-hybridized carbons (Fsp3) is 0.700. The van der Waals surface area contributed by atoms with Crippen LogP contribution in [0.5, 0.6) is 0 Å². The lowest BCUT2D eigenvalue weighted by atomic mass is 10.0. The van der Waals surface area contributed by atoms with Crippen LogP contribution in [0.2, 0.25) is 0 Å². The Bertz CT molecular complexity index is 1540. The van der Waals surface area contributed by atoms with Gasteiger partial charge in [-0.1, -0.05) is 284 Å². The molecule has 0 aliphatic rings. The van der Waals surface area contributed by atoms with Gasteiger partial charge in [-0.3, -0.25) is 14.4 Å². The van der Waals surface area contributed by atoms with Gasteiger partial charge in [0.05, 0.1) is 0 Å². The number of ether oxygens (including phenoxy) is 3. The van der Waals surface area contributed by atoms with Crippen molar-refractivity contribution in [2.45, 2.75) is 303 Å². The Morgan fingerprint density at radius 3 is 0.882 bits per heavy atom. The van der Waals surface area contributed by atoms with Crippen molar-refractivity contribution in [2.24, 2.45) is 0 Å². The average Bonchev–Trinajstić information content (AvgIpc) is 3.42. The summed E-state index contributed by atoms with van der Waals surface area (Å²) in [5.41, 5.74) is 0. The van der Waals surface area contributed by atoms with E-state index in [9.17, 15) is 14.4 Å². The molecule has 0 aliphatic carbocycles. The number of allylic oxidation sites excluding steroid dienone is 18. The minimum atomic E-state index is -0.809. The maximum Gasteiger partial charge on any atom is 0.306 e. The van der Waals surface area contributed by atoms with Gasteiger partial charge in [-0.2, -0.15) is 0 Å². The van der Waals surface area contributed by atoms with Gasteiger partial charge in [-0.25, -0.2) is 0 Å². The lowest BCUT2D eigenvalue weighted by Gasteiger charge is -2.18. The van der Waals surface area contributed by atoms with Gasteiger partial charge >= 0.3 is 17.9 Å². The van der Waals surface area contributed by atoms with E-state index in [1.165, 1.54) is 135 Å². The smallest absolute Gasteiger partial charge is 0.306 e. The standard InChI is InChI=1S/C70H118O6/c1-4-7-10-13-16-19-22-25-28-30-32-34-35-36-38-39-42-45-48-51-54-57-60-63-69(72)75-66-67(65-74-68(71)62-59-56-53-50-47-44-41-27-24-21-18-15-12-9-6-3)76-70(73)64-61-58-55-52-49-46-43-40-37-33-31-29-26-23-20-17-14-11-8-5-2/h7,10,16,18-19,21,25,27-28,32,34,36,38,41-42,45,51,54,67H,4-6,8-9,11-15,17,20,22-24,26,29-31,33,35,37,39-40,43-44,46-50,52-53,55-66H2,1-3H3/b10-7-,19-16-,21-18-,28-25-,34-32-,38-36-,41-27-,45-42-,54-51-. The van der Waals surface area contributed by atoms with E-state index in [1.54, 1.807) is 0 Å². The van der Waals surface area contributed by atoms with E-state index in [2.05, 4.69) is 130 Å². The molecule has 0 aromatic rings. The van der Waals surface area contributed by atoms with Crippen LogP contribution in [0.25, 0.3) is 0 Å². The highest BCUT2D eigenvalue weighted by Crippen LogP contribution is 2.16. The maximum absolute atomic E-state index is 12.9. The second-order valence-electron chi connectivity index (χ2n) is 20.9. The van der Waals surface area contributed by atoms with E-state index in [0.29, 0.717) is 19.3 Å². The molecule has 0 bridgehead atoms. The van der Waals surface area contributed by atoms with E-state index >= 15 is 0 Å². The first-order valence-electron chi connectivity index (χ1n) is 31.9. The molecular weight excluding hydrogens is 937 g/mol. The van der Waals surface area contributed by atoms with E-state index in [1.807, 2.05) is 0 Å². The van der Waals surface area contributed by atoms with Crippen LogP contribution < -0.4 is 0 Å². The van der Waals surface area contributed by atoms with E-state index in [0.717, 1.165) is 116 Å². The Morgan fingerprint density at radius 1 is 0.276 bits per heavy atom. The van der Waals surface area contributed by atoms with E-state index in [4.69, 9.17) is 14.2 Å². The van der Waals surface area contributed by atoms with Crippen LogP contribution in [0.1, 0.15) is 297 Å². The fourth-order valence-electron chi connectivity index (χ4n) is 8.76. The van der Waals surface area contributed by atoms with Gasteiger partial charge in [0.1, 0.15) is 13.2 Å². The minimum Gasteiger partial charge on any atom is -0.462 e. The highest BCUT2D eigenvalue weighted by Gasteiger charge is 2.19. The number of hydrogen-bond acceptors (Lipinski definition) is 6. The Balaban J connectivity index is 4.47. The molecule has 6 nitrogen and oxygen atoms in total. The first-order valence-corrected chi connectivity index (χ1v) is 31.9. The van der Waals surface area contributed by atoms with E-state index in [-0.39, 0.29) is 37.5 Å². The van der Waals surface area contributed by atoms with Crippen molar-refractivity contribution in [3.63, 3.8) is 0 Å². The Morgan fingerprint density at radius 2 is 0.526 bits per heavy atom. The molecule has 76 heavy (non-hydrogen) atoms. The van der Waals surface area contributed by atoms with Crippen molar-refractivity contribution in [1.29, 1.82) is 0 Å². The number of rotatable bonds is 57. The number of carbonyl (C=O) groups is 3. The molecule has 0 spiro atoms. The second-order valence-corrected chi connectivity index (χ2v) is 20.9. The van der Waals surface area contributed by atoms with Crippen LogP contribution in [-0.4, -0.2) is 37.2 Å². The molecule has 0 saturated carbocycles. The topological polar surface area (TPSA) is 78.9 Å². The van der Waals surface area contributed by atoms with E-state index < -0.39 is 6.10 Å². The van der Waals surface area contributed by atoms with Gasteiger partial charge in [0.15, 0.2) is 6.10 Å². The molecule has 0 aliphatic heterocycles. The summed E-state index contributed by atoms with van der Waals surface area (Å²) in [6.45, 7) is 6.47. The summed E-state index contributed by atoms with van der Waals surface area (Å²) in [4.78, 5) is 38.3. The van der Waals surface area contributed by atoms with Gasteiger partial charge in [-0.05, 0) is 103 Å². The van der Waals surface area contributed by atoms with Crippen LogP contribution in [-0.2, 0) is 28.6 Å². The first-order chi connectivity index (χ1) is 37.5. The second kappa shape index (κ2) is 63.6. The lowest BCUT2D eigenvalue weighted by Crippen LogP contribution is -2.30. The molecular formula is C70H118O6. The minimum absolute atomic E-state index is 0.102. The van der Waals surface area contributed by atoms with Crippen molar-refractivity contribution < 1.29 is 28.6 Å². The molecule has 0 rings (SSSR count). The van der Waals surface area contributed by atoms with Crippen LogP contribution in [0, 0.1) is 0 Å². The zero-order chi connectivity index (χ0) is 55.0. The summed E-state index contributed by atoms with van der Waals surface area (Å²) in [7, 11) is 0. The first kappa shape index (κ1) is 72.1. The molecule has 0 saturated heterocycles.